The van der Waals surface area contributed by atoms with E-state index in [1.165, 1.54) is 60.1 Å². The second kappa shape index (κ2) is 8.07. The van der Waals surface area contributed by atoms with Gasteiger partial charge in [0.1, 0.15) is 5.82 Å². The first-order valence-corrected chi connectivity index (χ1v) is 10.9. The van der Waals surface area contributed by atoms with Gasteiger partial charge in [-0.3, -0.25) is 10.00 Å². The Morgan fingerprint density at radius 1 is 1.07 bits per heavy atom. The largest absolute Gasteiger partial charge is 0.294 e. The van der Waals surface area contributed by atoms with Crippen molar-refractivity contribution in [2.24, 2.45) is 0 Å². The minimum absolute atomic E-state index is 0.579. The Kier molecular flexibility index (Phi) is 5.15. The zero-order chi connectivity index (χ0) is 19.6. The number of H-pyrrole nitrogens is 1. The summed E-state index contributed by atoms with van der Waals surface area (Å²) in [7, 11) is 0. The van der Waals surface area contributed by atoms with Gasteiger partial charge in [-0.2, -0.15) is 5.10 Å². The Hall–Kier alpha value is -2.53. The Balaban J connectivity index is 1.30. The summed E-state index contributed by atoms with van der Waals surface area (Å²) in [6.07, 6.45) is 11.6. The molecule has 1 aliphatic carbocycles. The molecule has 0 amide bonds. The van der Waals surface area contributed by atoms with Gasteiger partial charge in [-0.25, -0.2) is 9.97 Å². The lowest BCUT2D eigenvalue weighted by Gasteiger charge is -2.29. The number of nitrogens with one attached hydrogen (secondary N) is 1. The SMILES string of the molecule is Cc1ccc(-c2[nH]ncc2CN2CCc3nc(C4CCCCC4)ncc3C2)cc1. The average Bonchev–Trinajstić information content (AvgIpc) is 3.22. The monoisotopic (exact) mass is 387 g/mol. The number of aryl methyl sites for hydroxylation is 1. The number of fused-ring (bicyclic) bond motifs is 1. The molecule has 3 heterocycles. The van der Waals surface area contributed by atoms with Crippen LogP contribution in [0.15, 0.2) is 36.7 Å². The van der Waals surface area contributed by atoms with Crippen LogP contribution in [0.5, 0.6) is 0 Å². The first kappa shape index (κ1) is 18.5. The number of rotatable bonds is 4. The molecule has 5 nitrogen and oxygen atoms in total. The van der Waals surface area contributed by atoms with Crippen molar-refractivity contribution in [3.63, 3.8) is 0 Å². The van der Waals surface area contributed by atoms with Crippen LogP contribution < -0.4 is 0 Å². The highest BCUT2D eigenvalue weighted by Crippen LogP contribution is 2.31. The predicted octanol–water partition coefficient (Wildman–Crippen LogP) is 4.78. The van der Waals surface area contributed by atoms with Gasteiger partial charge in [0, 0.05) is 55.0 Å². The van der Waals surface area contributed by atoms with Crippen LogP contribution in [0, 0.1) is 6.92 Å². The molecular weight excluding hydrogens is 358 g/mol. The zero-order valence-corrected chi connectivity index (χ0v) is 17.2. The number of hydrogen-bond donors (Lipinski definition) is 1. The maximum atomic E-state index is 4.99. The van der Waals surface area contributed by atoms with E-state index in [9.17, 15) is 0 Å². The van der Waals surface area contributed by atoms with Crippen molar-refractivity contribution in [1.29, 1.82) is 0 Å². The molecule has 3 aromatic rings. The lowest BCUT2D eigenvalue weighted by Crippen LogP contribution is -2.31. The molecule has 5 rings (SSSR count). The molecule has 2 aliphatic rings. The first-order chi connectivity index (χ1) is 14.3. The summed E-state index contributed by atoms with van der Waals surface area (Å²) in [6, 6.07) is 8.63. The van der Waals surface area contributed by atoms with E-state index in [4.69, 9.17) is 9.97 Å². The van der Waals surface area contributed by atoms with Crippen LogP contribution >= 0.6 is 0 Å². The molecule has 1 fully saturated rings. The third-order valence-electron chi connectivity index (χ3n) is 6.45. The number of hydrogen-bond acceptors (Lipinski definition) is 4. The molecule has 5 heteroatoms. The molecule has 0 unspecified atom stereocenters. The van der Waals surface area contributed by atoms with E-state index in [-0.39, 0.29) is 0 Å². The number of aromatic amines is 1. The standard InChI is InChI=1S/C24H29N5/c1-17-7-9-18(10-8-17)23-21(14-26-28-23)16-29-12-11-22-20(15-29)13-25-24(27-22)19-5-3-2-4-6-19/h7-10,13-14,19H,2-6,11-12,15-16H2,1H3,(H,26,28). The smallest absolute Gasteiger partial charge is 0.131 e. The third kappa shape index (κ3) is 3.97. The van der Waals surface area contributed by atoms with Crippen molar-refractivity contribution in [2.45, 2.75) is 64.5 Å². The molecular formula is C24H29N5. The molecule has 0 spiro atoms. The van der Waals surface area contributed by atoms with Gasteiger partial charge in [0.25, 0.3) is 0 Å². The van der Waals surface area contributed by atoms with Gasteiger partial charge in [0.05, 0.1) is 11.9 Å². The zero-order valence-electron chi connectivity index (χ0n) is 17.2. The van der Waals surface area contributed by atoms with Crippen molar-refractivity contribution < 1.29 is 0 Å². The van der Waals surface area contributed by atoms with E-state index in [1.807, 2.05) is 6.20 Å². The summed E-state index contributed by atoms with van der Waals surface area (Å²) >= 11 is 0. The van der Waals surface area contributed by atoms with Gasteiger partial charge in [0.2, 0.25) is 0 Å². The number of nitrogens with zero attached hydrogens (tertiary/aromatic N) is 4. The molecule has 0 bridgehead atoms. The molecule has 0 radical (unpaired) electrons. The highest BCUT2D eigenvalue weighted by atomic mass is 15.2. The first-order valence-electron chi connectivity index (χ1n) is 10.9. The fourth-order valence-electron chi connectivity index (χ4n) is 4.72. The summed E-state index contributed by atoms with van der Waals surface area (Å²) in [5, 5.41) is 7.51. The summed E-state index contributed by atoms with van der Waals surface area (Å²) < 4.78 is 0. The van der Waals surface area contributed by atoms with Crippen LogP contribution in [0.3, 0.4) is 0 Å². The van der Waals surface area contributed by atoms with E-state index in [0.29, 0.717) is 5.92 Å². The summed E-state index contributed by atoms with van der Waals surface area (Å²) in [6.45, 7) is 4.96. The molecule has 1 aliphatic heterocycles. The number of aromatic nitrogens is 4. The van der Waals surface area contributed by atoms with Gasteiger partial charge < -0.3 is 0 Å². The fraction of sp³-hybridized carbons (Fsp3) is 0.458. The summed E-state index contributed by atoms with van der Waals surface area (Å²) in [4.78, 5) is 12.2. The van der Waals surface area contributed by atoms with E-state index in [2.05, 4.69) is 52.5 Å². The maximum absolute atomic E-state index is 4.99. The van der Waals surface area contributed by atoms with E-state index in [1.54, 1.807) is 0 Å². The second-order valence-electron chi connectivity index (χ2n) is 8.63. The van der Waals surface area contributed by atoms with Crippen molar-refractivity contribution >= 4 is 0 Å². The minimum atomic E-state index is 0.579. The Morgan fingerprint density at radius 2 is 1.90 bits per heavy atom. The van der Waals surface area contributed by atoms with Gasteiger partial charge in [-0.05, 0) is 25.3 Å². The van der Waals surface area contributed by atoms with E-state index < -0.39 is 0 Å². The van der Waals surface area contributed by atoms with Crippen LogP contribution in [0.2, 0.25) is 0 Å². The van der Waals surface area contributed by atoms with Crippen LogP contribution in [0.4, 0.5) is 0 Å². The minimum Gasteiger partial charge on any atom is -0.294 e. The predicted molar refractivity (Wildman–Crippen MR) is 114 cm³/mol. The lowest BCUT2D eigenvalue weighted by atomic mass is 9.88. The quantitative estimate of drug-likeness (QED) is 0.700. The van der Waals surface area contributed by atoms with Gasteiger partial charge in [-0.15, -0.1) is 0 Å². The topological polar surface area (TPSA) is 57.7 Å². The molecule has 0 atom stereocenters. The molecule has 0 saturated heterocycles. The van der Waals surface area contributed by atoms with E-state index in [0.717, 1.165) is 37.6 Å². The molecule has 2 aromatic heterocycles. The van der Waals surface area contributed by atoms with Crippen molar-refractivity contribution in [1.82, 2.24) is 25.1 Å². The van der Waals surface area contributed by atoms with Crippen molar-refractivity contribution in [3.8, 4) is 11.3 Å². The van der Waals surface area contributed by atoms with Crippen LogP contribution in [0.25, 0.3) is 11.3 Å². The molecule has 1 saturated carbocycles. The van der Waals surface area contributed by atoms with Crippen LogP contribution in [-0.4, -0.2) is 31.6 Å². The Bertz CT molecular complexity index is 969. The maximum Gasteiger partial charge on any atom is 0.131 e. The normalized spacial score (nSPS) is 18.0. The third-order valence-corrected chi connectivity index (χ3v) is 6.45. The van der Waals surface area contributed by atoms with Gasteiger partial charge in [-0.1, -0.05) is 49.1 Å². The molecule has 150 valence electrons. The summed E-state index contributed by atoms with van der Waals surface area (Å²) in [5.74, 6) is 1.67. The Labute approximate surface area is 172 Å². The molecule has 29 heavy (non-hydrogen) atoms. The van der Waals surface area contributed by atoms with Crippen LogP contribution in [0.1, 0.15) is 66.2 Å². The average molecular weight is 388 g/mol. The van der Waals surface area contributed by atoms with Gasteiger partial charge in [0.15, 0.2) is 0 Å². The lowest BCUT2D eigenvalue weighted by molar-refractivity contribution is 0.242. The van der Waals surface area contributed by atoms with Gasteiger partial charge >= 0.3 is 0 Å². The van der Waals surface area contributed by atoms with Crippen molar-refractivity contribution in [2.75, 3.05) is 6.54 Å². The van der Waals surface area contributed by atoms with E-state index >= 15 is 0 Å². The highest BCUT2D eigenvalue weighted by Gasteiger charge is 2.23. The van der Waals surface area contributed by atoms with Crippen LogP contribution in [-0.2, 0) is 19.5 Å². The highest BCUT2D eigenvalue weighted by molar-refractivity contribution is 5.62. The van der Waals surface area contributed by atoms with Crippen molar-refractivity contribution in [3.05, 3.63) is 64.9 Å². The molecule has 1 N–H and O–H groups in total. The molecule has 1 aromatic carbocycles. The summed E-state index contributed by atoms with van der Waals surface area (Å²) in [5.41, 5.74) is 7.40. The Morgan fingerprint density at radius 3 is 2.72 bits per heavy atom. The number of benzene rings is 1. The second-order valence-corrected chi connectivity index (χ2v) is 8.63. The fourth-order valence-corrected chi connectivity index (χ4v) is 4.72.